The molecule has 1 unspecified atom stereocenters. The first-order valence-corrected chi connectivity index (χ1v) is 7.39. The maximum atomic E-state index is 12.9. The smallest absolute Gasteiger partial charge is 0.166 e. The van der Waals surface area contributed by atoms with Crippen LogP contribution >= 0.6 is 0 Å². The van der Waals surface area contributed by atoms with Crippen LogP contribution in [0.1, 0.15) is 68.6 Å². The fourth-order valence-corrected chi connectivity index (χ4v) is 2.54. The van der Waals surface area contributed by atoms with E-state index in [4.69, 9.17) is 0 Å². The Kier molecular flexibility index (Phi) is 6.32. The molecule has 126 valence electrons. The fourth-order valence-electron chi connectivity index (χ4n) is 2.54. The third-order valence-electron chi connectivity index (χ3n) is 3.77. The summed E-state index contributed by atoms with van der Waals surface area (Å²) in [6.07, 6.45) is -5.92. The lowest BCUT2D eigenvalue weighted by Gasteiger charge is -2.20. The zero-order chi connectivity index (χ0) is 17.0. The zero-order valence-electron chi connectivity index (χ0n) is 12.6. The van der Waals surface area contributed by atoms with Gasteiger partial charge in [-0.2, -0.15) is 26.3 Å². The maximum absolute atomic E-state index is 12.9. The number of rotatable bonds is 6. The van der Waals surface area contributed by atoms with Crippen molar-refractivity contribution in [3.05, 3.63) is 34.9 Å². The fraction of sp³-hybridized carbons (Fsp3) is 0.625. The SMILES string of the molecule is CCCCCC(CC)c1ccc(C(F)(F)F)c(C(F)(F)F)c1. The normalized spacial score (nSPS) is 14.2. The molecular formula is C16H20F6. The summed E-state index contributed by atoms with van der Waals surface area (Å²) in [5.74, 6) is -0.144. The number of hydrogen-bond acceptors (Lipinski definition) is 0. The van der Waals surface area contributed by atoms with Crippen molar-refractivity contribution in [3.63, 3.8) is 0 Å². The summed E-state index contributed by atoms with van der Waals surface area (Å²) in [4.78, 5) is 0. The van der Waals surface area contributed by atoms with Crippen molar-refractivity contribution in [2.24, 2.45) is 0 Å². The molecule has 0 spiro atoms. The van der Waals surface area contributed by atoms with E-state index < -0.39 is 23.5 Å². The van der Waals surface area contributed by atoms with Crippen LogP contribution in [0.5, 0.6) is 0 Å². The Morgan fingerprint density at radius 3 is 1.91 bits per heavy atom. The molecule has 1 aromatic rings. The minimum Gasteiger partial charge on any atom is -0.166 e. The lowest BCUT2D eigenvalue weighted by Crippen LogP contribution is -2.17. The quantitative estimate of drug-likeness (QED) is 0.398. The molecular weight excluding hydrogens is 306 g/mol. The largest absolute Gasteiger partial charge is 0.417 e. The van der Waals surface area contributed by atoms with Crippen LogP contribution in [0.15, 0.2) is 18.2 Å². The van der Waals surface area contributed by atoms with Gasteiger partial charge in [0.1, 0.15) is 0 Å². The Balaban J connectivity index is 3.18. The van der Waals surface area contributed by atoms with Gasteiger partial charge < -0.3 is 0 Å². The van der Waals surface area contributed by atoms with E-state index in [1.165, 1.54) is 6.07 Å². The monoisotopic (exact) mass is 326 g/mol. The van der Waals surface area contributed by atoms with E-state index >= 15 is 0 Å². The number of benzene rings is 1. The summed E-state index contributed by atoms with van der Waals surface area (Å²) >= 11 is 0. The molecule has 0 amide bonds. The molecule has 0 fully saturated rings. The summed E-state index contributed by atoms with van der Waals surface area (Å²) in [7, 11) is 0. The molecule has 0 bridgehead atoms. The van der Waals surface area contributed by atoms with Gasteiger partial charge in [0.25, 0.3) is 0 Å². The van der Waals surface area contributed by atoms with Crippen molar-refractivity contribution in [2.45, 2.75) is 64.2 Å². The molecule has 0 N–H and O–H groups in total. The highest BCUT2D eigenvalue weighted by molar-refractivity contribution is 5.37. The van der Waals surface area contributed by atoms with E-state index in [2.05, 4.69) is 0 Å². The number of hydrogen-bond donors (Lipinski definition) is 0. The van der Waals surface area contributed by atoms with Gasteiger partial charge in [0.05, 0.1) is 11.1 Å². The number of alkyl halides is 6. The highest BCUT2D eigenvalue weighted by Gasteiger charge is 2.43. The summed E-state index contributed by atoms with van der Waals surface area (Å²) in [5, 5.41) is 0. The lowest BCUT2D eigenvalue weighted by molar-refractivity contribution is -0.162. The standard InChI is InChI=1S/C16H20F6/c1-3-5-6-7-11(4-2)12-8-9-13(15(17,18)19)14(10-12)16(20,21)22/h8-11H,3-7H2,1-2H3. The maximum Gasteiger partial charge on any atom is 0.417 e. The van der Waals surface area contributed by atoms with Crippen molar-refractivity contribution in [1.29, 1.82) is 0 Å². The molecule has 0 radical (unpaired) electrons. The predicted octanol–water partition coefficient (Wildman–Crippen LogP) is 6.80. The van der Waals surface area contributed by atoms with Gasteiger partial charge in [0.2, 0.25) is 0 Å². The van der Waals surface area contributed by atoms with Gasteiger partial charge in [-0.25, -0.2) is 0 Å². The van der Waals surface area contributed by atoms with E-state index in [9.17, 15) is 26.3 Å². The van der Waals surface area contributed by atoms with Crippen molar-refractivity contribution >= 4 is 0 Å². The van der Waals surface area contributed by atoms with E-state index in [1.807, 2.05) is 13.8 Å². The Bertz CT molecular complexity index is 473. The highest BCUT2D eigenvalue weighted by atomic mass is 19.4. The second-order valence-electron chi connectivity index (χ2n) is 5.40. The molecule has 0 aromatic heterocycles. The molecule has 1 aromatic carbocycles. The van der Waals surface area contributed by atoms with Crippen LogP contribution in [-0.4, -0.2) is 0 Å². The Hall–Kier alpha value is -1.20. The number of halogens is 6. The molecule has 6 heteroatoms. The third kappa shape index (κ3) is 4.92. The van der Waals surface area contributed by atoms with E-state index in [0.717, 1.165) is 19.3 Å². The topological polar surface area (TPSA) is 0 Å². The molecule has 0 aliphatic rings. The van der Waals surface area contributed by atoms with Gasteiger partial charge in [0.15, 0.2) is 0 Å². The average molecular weight is 326 g/mol. The molecule has 0 nitrogen and oxygen atoms in total. The van der Waals surface area contributed by atoms with E-state index in [0.29, 0.717) is 30.5 Å². The summed E-state index contributed by atoms with van der Waals surface area (Å²) in [6.45, 7) is 3.85. The predicted molar refractivity (Wildman–Crippen MR) is 73.6 cm³/mol. The van der Waals surface area contributed by atoms with Crippen molar-refractivity contribution in [1.82, 2.24) is 0 Å². The lowest BCUT2D eigenvalue weighted by atomic mass is 9.88. The second kappa shape index (κ2) is 7.38. The Labute approximate surface area is 126 Å². The first-order valence-electron chi connectivity index (χ1n) is 7.39. The molecule has 0 saturated heterocycles. The summed E-state index contributed by atoms with van der Waals surface area (Å²) in [6, 6.07) is 2.40. The summed E-state index contributed by atoms with van der Waals surface area (Å²) in [5.41, 5.74) is -2.88. The molecule has 1 rings (SSSR count). The van der Waals surface area contributed by atoms with Crippen molar-refractivity contribution < 1.29 is 26.3 Å². The minimum absolute atomic E-state index is 0.144. The van der Waals surface area contributed by atoms with Gasteiger partial charge >= 0.3 is 12.4 Å². The van der Waals surface area contributed by atoms with Gasteiger partial charge in [-0.3, -0.25) is 0 Å². The van der Waals surface area contributed by atoms with Gasteiger partial charge in [-0.05, 0) is 36.5 Å². The Morgan fingerprint density at radius 1 is 0.864 bits per heavy atom. The Morgan fingerprint density at radius 2 is 1.45 bits per heavy atom. The second-order valence-corrected chi connectivity index (χ2v) is 5.40. The van der Waals surface area contributed by atoms with Crippen molar-refractivity contribution in [2.75, 3.05) is 0 Å². The highest BCUT2D eigenvalue weighted by Crippen LogP contribution is 2.42. The van der Waals surface area contributed by atoms with E-state index in [1.54, 1.807) is 0 Å². The molecule has 0 saturated carbocycles. The zero-order valence-corrected chi connectivity index (χ0v) is 12.6. The molecule has 1 atom stereocenters. The van der Waals surface area contributed by atoms with Crippen LogP contribution in [0.25, 0.3) is 0 Å². The van der Waals surface area contributed by atoms with Crippen LogP contribution in [0, 0.1) is 0 Å². The van der Waals surface area contributed by atoms with Crippen LogP contribution in [-0.2, 0) is 12.4 Å². The third-order valence-corrected chi connectivity index (χ3v) is 3.77. The van der Waals surface area contributed by atoms with E-state index in [-0.39, 0.29) is 5.92 Å². The van der Waals surface area contributed by atoms with Gasteiger partial charge in [-0.1, -0.05) is 39.2 Å². The number of unbranched alkanes of at least 4 members (excludes halogenated alkanes) is 2. The van der Waals surface area contributed by atoms with Crippen LogP contribution in [0.2, 0.25) is 0 Å². The first kappa shape index (κ1) is 18.8. The molecule has 22 heavy (non-hydrogen) atoms. The first-order chi connectivity index (χ1) is 10.1. The molecule has 0 aliphatic heterocycles. The average Bonchev–Trinajstić information content (AvgIpc) is 2.41. The van der Waals surface area contributed by atoms with Crippen LogP contribution < -0.4 is 0 Å². The molecule has 0 aliphatic carbocycles. The van der Waals surface area contributed by atoms with Gasteiger partial charge in [0, 0.05) is 0 Å². The van der Waals surface area contributed by atoms with Crippen LogP contribution in [0.4, 0.5) is 26.3 Å². The van der Waals surface area contributed by atoms with Gasteiger partial charge in [-0.15, -0.1) is 0 Å². The molecule has 0 heterocycles. The van der Waals surface area contributed by atoms with Crippen LogP contribution in [0.3, 0.4) is 0 Å². The van der Waals surface area contributed by atoms with Crippen molar-refractivity contribution in [3.8, 4) is 0 Å². The minimum atomic E-state index is -5.01. The summed E-state index contributed by atoms with van der Waals surface area (Å²) < 4.78 is 77.0.